The van der Waals surface area contributed by atoms with Gasteiger partial charge in [-0.05, 0) is 25.8 Å². The molecule has 0 atom stereocenters. The van der Waals surface area contributed by atoms with Gasteiger partial charge in [0.25, 0.3) is 5.69 Å². The van der Waals surface area contributed by atoms with Gasteiger partial charge in [-0.25, -0.2) is 4.98 Å². The minimum absolute atomic E-state index is 0.0366. The van der Waals surface area contributed by atoms with Crippen LogP contribution in [0.3, 0.4) is 0 Å². The molecule has 0 spiro atoms. The lowest BCUT2D eigenvalue weighted by Crippen LogP contribution is -2.36. The van der Waals surface area contributed by atoms with Crippen molar-refractivity contribution in [3.63, 3.8) is 0 Å². The smallest absolute Gasteiger partial charge is 0.295 e. The molecule has 1 aliphatic heterocycles. The second kappa shape index (κ2) is 5.29. The summed E-state index contributed by atoms with van der Waals surface area (Å²) < 4.78 is 0. The minimum atomic E-state index is -0.390. The van der Waals surface area contributed by atoms with E-state index in [4.69, 9.17) is 0 Å². The molecule has 0 amide bonds. The molecule has 3 rings (SSSR count). The topological polar surface area (TPSA) is 79.5 Å². The van der Waals surface area contributed by atoms with Crippen LogP contribution in [-0.2, 0) is 0 Å². The fourth-order valence-electron chi connectivity index (χ4n) is 2.86. The van der Waals surface area contributed by atoms with Crippen molar-refractivity contribution in [3.8, 4) is 0 Å². The SMILES string of the molecule is Cc1cc(N2CCC(O)CC2)c2cccc([N+](=O)[O-])c2n1. The first kappa shape index (κ1) is 13.8. The van der Waals surface area contributed by atoms with Gasteiger partial charge in [-0.2, -0.15) is 0 Å². The number of aromatic nitrogens is 1. The van der Waals surface area contributed by atoms with Crippen LogP contribution in [0.1, 0.15) is 18.5 Å². The van der Waals surface area contributed by atoms with Gasteiger partial charge in [0.05, 0.1) is 11.0 Å². The van der Waals surface area contributed by atoms with Crippen molar-refractivity contribution in [2.45, 2.75) is 25.9 Å². The van der Waals surface area contributed by atoms with Crippen molar-refractivity contribution in [1.82, 2.24) is 4.98 Å². The number of rotatable bonds is 2. The third-order valence-corrected chi connectivity index (χ3v) is 3.93. The molecule has 0 radical (unpaired) electrons. The number of nitro groups is 1. The molecule has 21 heavy (non-hydrogen) atoms. The molecule has 0 saturated carbocycles. The molecule has 1 aromatic heterocycles. The van der Waals surface area contributed by atoms with Crippen molar-refractivity contribution in [2.75, 3.05) is 18.0 Å². The fraction of sp³-hybridized carbons (Fsp3) is 0.400. The van der Waals surface area contributed by atoms with Crippen LogP contribution in [0.4, 0.5) is 11.4 Å². The summed E-state index contributed by atoms with van der Waals surface area (Å²) in [6.45, 7) is 3.35. The first-order valence-electron chi connectivity index (χ1n) is 7.04. The Balaban J connectivity index is 2.14. The Hall–Kier alpha value is -2.21. The number of non-ortho nitro benzene ring substituents is 1. The van der Waals surface area contributed by atoms with E-state index in [1.54, 1.807) is 6.07 Å². The predicted octanol–water partition coefficient (Wildman–Crippen LogP) is 2.41. The lowest BCUT2D eigenvalue weighted by Gasteiger charge is -2.32. The lowest BCUT2D eigenvalue weighted by atomic mass is 10.0. The van der Waals surface area contributed by atoms with Gasteiger partial charge < -0.3 is 10.0 Å². The van der Waals surface area contributed by atoms with Gasteiger partial charge in [0.1, 0.15) is 0 Å². The van der Waals surface area contributed by atoms with Crippen molar-refractivity contribution < 1.29 is 10.0 Å². The number of hydrogen-bond donors (Lipinski definition) is 1. The maximum atomic E-state index is 11.2. The Morgan fingerprint density at radius 3 is 2.76 bits per heavy atom. The van der Waals surface area contributed by atoms with Gasteiger partial charge in [-0.1, -0.05) is 12.1 Å². The second-order valence-corrected chi connectivity index (χ2v) is 5.43. The van der Waals surface area contributed by atoms with Crippen LogP contribution in [0, 0.1) is 17.0 Å². The summed E-state index contributed by atoms with van der Waals surface area (Å²) in [7, 11) is 0. The summed E-state index contributed by atoms with van der Waals surface area (Å²) in [6, 6.07) is 7.01. The molecule has 2 heterocycles. The maximum Gasteiger partial charge on any atom is 0.295 e. The first-order chi connectivity index (χ1) is 10.1. The molecule has 6 heteroatoms. The predicted molar refractivity (Wildman–Crippen MR) is 80.6 cm³/mol. The largest absolute Gasteiger partial charge is 0.393 e. The molecule has 1 aromatic carbocycles. The van der Waals surface area contributed by atoms with Crippen LogP contribution in [0.15, 0.2) is 24.3 Å². The molecule has 1 saturated heterocycles. The number of aryl methyl sites for hydroxylation is 1. The van der Waals surface area contributed by atoms with E-state index in [1.807, 2.05) is 19.1 Å². The summed E-state index contributed by atoms with van der Waals surface area (Å²) in [6.07, 6.45) is 1.19. The third kappa shape index (κ3) is 2.54. The highest BCUT2D eigenvalue weighted by atomic mass is 16.6. The van der Waals surface area contributed by atoms with Gasteiger partial charge in [0.2, 0.25) is 0 Å². The van der Waals surface area contributed by atoms with Crippen LogP contribution in [0.2, 0.25) is 0 Å². The Morgan fingerprint density at radius 1 is 1.38 bits per heavy atom. The summed E-state index contributed by atoms with van der Waals surface area (Å²) in [5, 5.41) is 21.6. The van der Waals surface area contributed by atoms with Crippen LogP contribution in [0.25, 0.3) is 10.9 Å². The zero-order valence-corrected chi connectivity index (χ0v) is 11.8. The number of aliphatic hydroxyl groups is 1. The number of nitro benzene ring substituents is 1. The summed E-state index contributed by atoms with van der Waals surface area (Å²) in [5.74, 6) is 0. The summed E-state index contributed by atoms with van der Waals surface area (Å²) >= 11 is 0. The van der Waals surface area contributed by atoms with E-state index in [-0.39, 0.29) is 11.8 Å². The lowest BCUT2D eigenvalue weighted by molar-refractivity contribution is -0.383. The highest BCUT2D eigenvalue weighted by molar-refractivity contribution is 5.97. The Morgan fingerprint density at radius 2 is 2.10 bits per heavy atom. The highest BCUT2D eigenvalue weighted by Gasteiger charge is 2.22. The maximum absolute atomic E-state index is 11.2. The second-order valence-electron chi connectivity index (χ2n) is 5.43. The molecule has 110 valence electrons. The van der Waals surface area contributed by atoms with E-state index in [1.165, 1.54) is 6.07 Å². The molecule has 6 nitrogen and oxygen atoms in total. The van der Waals surface area contributed by atoms with Crippen LogP contribution < -0.4 is 4.90 Å². The molecule has 0 aliphatic carbocycles. The van der Waals surface area contributed by atoms with Crippen molar-refractivity contribution >= 4 is 22.3 Å². The Bertz CT molecular complexity index is 694. The third-order valence-electron chi connectivity index (χ3n) is 3.93. The molecule has 0 unspecified atom stereocenters. The van der Waals surface area contributed by atoms with Gasteiger partial charge in [-0.15, -0.1) is 0 Å². The number of pyridine rings is 1. The van der Waals surface area contributed by atoms with Crippen molar-refractivity contribution in [3.05, 3.63) is 40.1 Å². The van der Waals surface area contributed by atoms with Crippen molar-refractivity contribution in [2.24, 2.45) is 0 Å². The normalized spacial score (nSPS) is 16.4. The molecule has 1 aliphatic rings. The fourth-order valence-corrected chi connectivity index (χ4v) is 2.86. The van der Waals surface area contributed by atoms with Crippen LogP contribution in [-0.4, -0.2) is 34.2 Å². The van der Waals surface area contributed by atoms with E-state index in [2.05, 4.69) is 9.88 Å². The quantitative estimate of drug-likeness (QED) is 0.677. The number of benzene rings is 1. The molecular weight excluding hydrogens is 270 g/mol. The number of fused-ring (bicyclic) bond motifs is 1. The number of aliphatic hydroxyl groups excluding tert-OH is 1. The zero-order valence-electron chi connectivity index (χ0n) is 11.8. The Labute approximate surface area is 122 Å². The molecular formula is C15H17N3O3. The summed E-state index contributed by atoms with van der Waals surface area (Å²) in [4.78, 5) is 17.3. The zero-order chi connectivity index (χ0) is 15.0. The molecule has 1 N–H and O–H groups in total. The molecule has 0 bridgehead atoms. The molecule has 2 aromatic rings. The minimum Gasteiger partial charge on any atom is -0.393 e. The average Bonchev–Trinajstić information content (AvgIpc) is 2.46. The van der Waals surface area contributed by atoms with Crippen LogP contribution in [0.5, 0.6) is 0 Å². The highest BCUT2D eigenvalue weighted by Crippen LogP contribution is 2.33. The van der Waals surface area contributed by atoms with Crippen LogP contribution >= 0.6 is 0 Å². The summed E-state index contributed by atoms with van der Waals surface area (Å²) in [5.41, 5.74) is 2.20. The number of hydrogen-bond acceptors (Lipinski definition) is 5. The van der Waals surface area contributed by atoms with Gasteiger partial charge in [0, 0.05) is 35.9 Å². The number of para-hydroxylation sites is 1. The van der Waals surface area contributed by atoms with E-state index in [0.717, 1.165) is 42.7 Å². The monoisotopic (exact) mass is 287 g/mol. The van der Waals surface area contributed by atoms with Gasteiger partial charge in [0.15, 0.2) is 5.52 Å². The molecule has 1 fully saturated rings. The van der Waals surface area contributed by atoms with Crippen molar-refractivity contribution in [1.29, 1.82) is 0 Å². The number of nitrogens with zero attached hydrogens (tertiary/aromatic N) is 3. The average molecular weight is 287 g/mol. The number of piperidine rings is 1. The first-order valence-corrected chi connectivity index (χ1v) is 7.04. The standard InChI is InChI=1S/C15H17N3O3/c1-10-9-14(17-7-5-11(19)6-8-17)12-3-2-4-13(18(20)21)15(12)16-10/h2-4,9,11,19H,5-8H2,1H3. The number of anilines is 1. The van der Waals surface area contributed by atoms with Gasteiger partial charge in [-0.3, -0.25) is 10.1 Å². The van der Waals surface area contributed by atoms with E-state index in [9.17, 15) is 15.2 Å². The van der Waals surface area contributed by atoms with E-state index in [0.29, 0.717) is 5.52 Å². The van der Waals surface area contributed by atoms with E-state index < -0.39 is 4.92 Å². The van der Waals surface area contributed by atoms with Gasteiger partial charge >= 0.3 is 0 Å². The van der Waals surface area contributed by atoms with E-state index >= 15 is 0 Å². The Kier molecular flexibility index (Phi) is 3.47.